The second-order valence-corrected chi connectivity index (χ2v) is 3.73. The quantitative estimate of drug-likeness (QED) is 0.806. The van der Waals surface area contributed by atoms with Crippen LogP contribution in [0.4, 0.5) is 14.5 Å². The summed E-state index contributed by atoms with van der Waals surface area (Å²) in [6, 6.07) is 8.45. The highest BCUT2D eigenvalue weighted by Crippen LogP contribution is 2.28. The van der Waals surface area contributed by atoms with Crippen LogP contribution < -0.4 is 10.5 Å². The zero-order chi connectivity index (χ0) is 12.4. The summed E-state index contributed by atoms with van der Waals surface area (Å²) in [7, 11) is 0. The van der Waals surface area contributed by atoms with Gasteiger partial charge in [0.25, 0.3) is 0 Å². The van der Waals surface area contributed by atoms with Crippen LogP contribution in [-0.4, -0.2) is 0 Å². The molecule has 0 atom stereocenters. The van der Waals surface area contributed by atoms with Crippen molar-refractivity contribution >= 4 is 5.69 Å². The third-order valence-corrected chi connectivity index (χ3v) is 2.26. The van der Waals surface area contributed by atoms with Crippen LogP contribution in [0.3, 0.4) is 0 Å². The minimum Gasteiger partial charge on any atom is -0.451 e. The molecule has 2 rings (SSSR count). The fourth-order valence-corrected chi connectivity index (χ4v) is 1.41. The first-order valence-corrected chi connectivity index (χ1v) is 5.05. The number of halogens is 2. The summed E-state index contributed by atoms with van der Waals surface area (Å²) < 4.78 is 32.0. The Kier molecular flexibility index (Phi) is 2.95. The van der Waals surface area contributed by atoms with Gasteiger partial charge in [0.2, 0.25) is 0 Å². The van der Waals surface area contributed by atoms with E-state index in [0.717, 1.165) is 11.6 Å². The van der Waals surface area contributed by atoms with Gasteiger partial charge in [-0.1, -0.05) is 6.07 Å². The molecule has 0 aliphatic rings. The van der Waals surface area contributed by atoms with Crippen LogP contribution >= 0.6 is 0 Å². The van der Waals surface area contributed by atoms with Crippen LogP contribution in [0.2, 0.25) is 0 Å². The number of hydrogen-bond acceptors (Lipinski definition) is 2. The van der Waals surface area contributed by atoms with Crippen LogP contribution in [0.1, 0.15) is 5.56 Å². The van der Waals surface area contributed by atoms with Gasteiger partial charge in [0.15, 0.2) is 23.1 Å². The van der Waals surface area contributed by atoms with Gasteiger partial charge in [0.1, 0.15) is 0 Å². The molecule has 17 heavy (non-hydrogen) atoms. The van der Waals surface area contributed by atoms with Gasteiger partial charge in [-0.05, 0) is 36.8 Å². The predicted molar refractivity (Wildman–Crippen MR) is 62.0 cm³/mol. The normalized spacial score (nSPS) is 10.3. The maximum absolute atomic E-state index is 13.5. The lowest BCUT2D eigenvalue weighted by Gasteiger charge is -2.08. The largest absolute Gasteiger partial charge is 0.451 e. The van der Waals surface area contributed by atoms with E-state index in [4.69, 9.17) is 10.5 Å². The summed E-state index contributed by atoms with van der Waals surface area (Å²) >= 11 is 0. The van der Waals surface area contributed by atoms with Crippen molar-refractivity contribution in [3.8, 4) is 11.5 Å². The molecular formula is C13H11F2NO. The third-order valence-electron chi connectivity index (χ3n) is 2.26. The van der Waals surface area contributed by atoms with Crippen molar-refractivity contribution in [3.05, 3.63) is 53.6 Å². The molecule has 0 saturated carbocycles. The minimum atomic E-state index is -0.620. The van der Waals surface area contributed by atoms with Gasteiger partial charge in [-0.2, -0.15) is 0 Å². The van der Waals surface area contributed by atoms with Crippen LogP contribution in [-0.2, 0) is 0 Å². The van der Waals surface area contributed by atoms with E-state index < -0.39 is 11.6 Å². The number of benzene rings is 2. The van der Waals surface area contributed by atoms with Gasteiger partial charge in [0, 0.05) is 11.8 Å². The summed E-state index contributed by atoms with van der Waals surface area (Å²) in [6.07, 6.45) is 0. The molecule has 2 aromatic rings. The molecule has 0 aliphatic carbocycles. The Hall–Kier alpha value is -2.10. The van der Waals surface area contributed by atoms with Crippen LogP contribution in [0, 0.1) is 18.6 Å². The van der Waals surface area contributed by atoms with E-state index in [-0.39, 0.29) is 11.5 Å². The topological polar surface area (TPSA) is 35.2 Å². The molecular weight excluding hydrogens is 224 g/mol. The summed E-state index contributed by atoms with van der Waals surface area (Å²) in [5, 5.41) is 0. The molecule has 88 valence electrons. The van der Waals surface area contributed by atoms with E-state index in [0.29, 0.717) is 5.69 Å². The van der Waals surface area contributed by atoms with Crippen molar-refractivity contribution in [2.75, 3.05) is 5.73 Å². The van der Waals surface area contributed by atoms with Crippen molar-refractivity contribution in [1.29, 1.82) is 0 Å². The highest BCUT2D eigenvalue weighted by molar-refractivity contribution is 5.44. The number of rotatable bonds is 2. The first-order valence-electron chi connectivity index (χ1n) is 5.05. The van der Waals surface area contributed by atoms with Crippen LogP contribution in [0.15, 0.2) is 36.4 Å². The standard InChI is InChI=1S/C13H11F2NO/c1-8-2-4-12(10(14)6-8)17-13-5-3-9(16)7-11(13)15/h2-7H,16H2,1H3. The molecule has 0 fully saturated rings. The number of anilines is 1. The van der Waals surface area contributed by atoms with Gasteiger partial charge in [-0.25, -0.2) is 8.78 Å². The highest BCUT2D eigenvalue weighted by atomic mass is 19.1. The molecule has 0 heterocycles. The van der Waals surface area contributed by atoms with Gasteiger partial charge in [-0.3, -0.25) is 0 Å². The Balaban J connectivity index is 2.31. The highest BCUT2D eigenvalue weighted by Gasteiger charge is 2.08. The van der Waals surface area contributed by atoms with Crippen LogP contribution in [0.25, 0.3) is 0 Å². The molecule has 4 heteroatoms. The maximum Gasteiger partial charge on any atom is 0.167 e. The smallest absolute Gasteiger partial charge is 0.167 e. The molecule has 0 bridgehead atoms. The van der Waals surface area contributed by atoms with E-state index in [1.807, 2.05) is 0 Å². The SMILES string of the molecule is Cc1ccc(Oc2ccc(N)cc2F)c(F)c1. The molecule has 0 spiro atoms. The van der Waals surface area contributed by atoms with Crippen LogP contribution in [0.5, 0.6) is 11.5 Å². The monoisotopic (exact) mass is 235 g/mol. The Bertz CT molecular complexity index is 506. The van der Waals surface area contributed by atoms with Gasteiger partial charge in [-0.15, -0.1) is 0 Å². The van der Waals surface area contributed by atoms with E-state index in [2.05, 4.69) is 0 Å². The average Bonchev–Trinajstić information content (AvgIpc) is 2.25. The number of ether oxygens (including phenoxy) is 1. The third kappa shape index (κ3) is 2.53. The van der Waals surface area contributed by atoms with Crippen molar-refractivity contribution in [2.45, 2.75) is 6.92 Å². The van der Waals surface area contributed by atoms with Gasteiger partial charge >= 0.3 is 0 Å². The molecule has 0 amide bonds. The molecule has 2 N–H and O–H groups in total. The van der Waals surface area contributed by atoms with E-state index in [1.54, 1.807) is 13.0 Å². The van der Waals surface area contributed by atoms with E-state index in [9.17, 15) is 8.78 Å². The molecule has 0 aromatic heterocycles. The number of aryl methyl sites for hydroxylation is 1. The number of nitrogens with two attached hydrogens (primary N) is 1. The molecule has 2 nitrogen and oxygen atoms in total. The maximum atomic E-state index is 13.5. The van der Waals surface area contributed by atoms with E-state index in [1.165, 1.54) is 24.3 Å². The van der Waals surface area contributed by atoms with E-state index >= 15 is 0 Å². The lowest BCUT2D eigenvalue weighted by molar-refractivity contribution is 0.414. The predicted octanol–water partition coefficient (Wildman–Crippen LogP) is 3.65. The fraction of sp³-hybridized carbons (Fsp3) is 0.0769. The summed E-state index contributed by atoms with van der Waals surface area (Å²) in [6.45, 7) is 1.76. The Morgan fingerprint density at radius 1 is 0.941 bits per heavy atom. The Labute approximate surface area is 97.6 Å². The zero-order valence-corrected chi connectivity index (χ0v) is 9.21. The lowest BCUT2D eigenvalue weighted by Crippen LogP contribution is -1.93. The minimum absolute atomic E-state index is 0.0146. The molecule has 0 unspecified atom stereocenters. The van der Waals surface area contributed by atoms with Gasteiger partial charge in [0.05, 0.1) is 0 Å². The second kappa shape index (κ2) is 4.41. The molecule has 0 saturated heterocycles. The lowest BCUT2D eigenvalue weighted by atomic mass is 10.2. The molecule has 2 aromatic carbocycles. The molecule has 0 aliphatic heterocycles. The van der Waals surface area contributed by atoms with Gasteiger partial charge < -0.3 is 10.5 Å². The number of hydrogen-bond donors (Lipinski definition) is 1. The number of nitrogen functional groups attached to an aromatic ring is 1. The van der Waals surface area contributed by atoms with Crippen molar-refractivity contribution in [3.63, 3.8) is 0 Å². The Morgan fingerprint density at radius 3 is 2.12 bits per heavy atom. The summed E-state index contributed by atoms with van der Waals surface area (Å²) in [5.74, 6) is -1.22. The second-order valence-electron chi connectivity index (χ2n) is 3.73. The zero-order valence-electron chi connectivity index (χ0n) is 9.21. The molecule has 0 radical (unpaired) electrons. The van der Waals surface area contributed by atoms with Crippen molar-refractivity contribution in [1.82, 2.24) is 0 Å². The Morgan fingerprint density at radius 2 is 1.53 bits per heavy atom. The van der Waals surface area contributed by atoms with Crippen molar-refractivity contribution < 1.29 is 13.5 Å². The summed E-state index contributed by atoms with van der Waals surface area (Å²) in [5.41, 5.74) is 6.46. The first kappa shape index (κ1) is 11.4. The average molecular weight is 235 g/mol. The summed E-state index contributed by atoms with van der Waals surface area (Å²) in [4.78, 5) is 0. The fourth-order valence-electron chi connectivity index (χ4n) is 1.41. The first-order chi connectivity index (χ1) is 8.06. The van der Waals surface area contributed by atoms with Crippen molar-refractivity contribution in [2.24, 2.45) is 0 Å².